The van der Waals surface area contributed by atoms with Gasteiger partial charge in [-0.2, -0.15) is 13.2 Å². The Morgan fingerprint density at radius 1 is 1.27 bits per heavy atom. The van der Waals surface area contributed by atoms with E-state index in [2.05, 4.69) is 4.74 Å². The van der Waals surface area contributed by atoms with Crippen LogP contribution in [0.25, 0.3) is 0 Å². The van der Waals surface area contributed by atoms with Crippen molar-refractivity contribution in [1.29, 1.82) is 5.41 Å². The predicted octanol–water partition coefficient (Wildman–Crippen LogP) is 2.16. The first-order valence-corrected chi connectivity index (χ1v) is 6.23. The minimum Gasteiger partial charge on any atom is -0.509 e. The van der Waals surface area contributed by atoms with Gasteiger partial charge in [0, 0.05) is 7.11 Å². The van der Waals surface area contributed by atoms with Crippen LogP contribution in [0.15, 0.2) is 23.5 Å². The van der Waals surface area contributed by atoms with E-state index in [-0.39, 0.29) is 19.8 Å². The molecular weight excluding hydrogens is 307 g/mol. The summed E-state index contributed by atoms with van der Waals surface area (Å²) in [6.07, 6.45) is -3.82. The lowest BCUT2D eigenvalue weighted by Gasteiger charge is -2.08. The number of aliphatic hydroxyl groups is 1. The molecule has 0 unspecified atom stereocenters. The second-order valence-corrected chi connectivity index (χ2v) is 3.87. The standard InChI is InChI=1S/C13H18F3NO5/c1-3-22-12(19)9(4-5-11(17)13(14,15)16)10(18)8-21-7-6-20-2/h4-5,17-18H,3,6-8H2,1-2H3/b5-4+,10-9-,17-11?. The number of carbonyl (C=O) groups excluding carboxylic acids is 1. The lowest BCUT2D eigenvalue weighted by Crippen LogP contribution is -2.20. The van der Waals surface area contributed by atoms with E-state index < -0.39 is 35.8 Å². The van der Waals surface area contributed by atoms with Gasteiger partial charge in [0.25, 0.3) is 0 Å². The summed E-state index contributed by atoms with van der Waals surface area (Å²) in [6.45, 7) is 1.45. The molecular formula is C13H18F3NO5. The van der Waals surface area contributed by atoms with Gasteiger partial charge in [0.2, 0.25) is 0 Å². The molecule has 0 aromatic rings. The predicted molar refractivity (Wildman–Crippen MR) is 71.9 cm³/mol. The summed E-state index contributed by atoms with van der Waals surface area (Å²) in [5.74, 6) is -1.61. The largest absolute Gasteiger partial charge is 0.509 e. The third-order valence-corrected chi connectivity index (χ3v) is 2.20. The van der Waals surface area contributed by atoms with Crippen LogP contribution in [0.5, 0.6) is 0 Å². The minimum absolute atomic E-state index is 0.0231. The molecule has 0 atom stereocenters. The number of hydrogen-bond acceptors (Lipinski definition) is 6. The molecule has 0 aliphatic rings. The van der Waals surface area contributed by atoms with Crippen molar-refractivity contribution in [3.05, 3.63) is 23.5 Å². The highest BCUT2D eigenvalue weighted by atomic mass is 19.4. The van der Waals surface area contributed by atoms with Crippen LogP contribution >= 0.6 is 0 Å². The number of nitrogens with one attached hydrogen (secondary N) is 1. The van der Waals surface area contributed by atoms with Crippen LogP contribution in [0, 0.1) is 5.41 Å². The van der Waals surface area contributed by atoms with Gasteiger partial charge in [-0.1, -0.05) is 0 Å². The number of ether oxygens (including phenoxy) is 3. The number of methoxy groups -OCH3 is 1. The molecule has 0 rings (SSSR count). The van der Waals surface area contributed by atoms with Crippen molar-refractivity contribution in [3.63, 3.8) is 0 Å². The average molecular weight is 325 g/mol. The molecule has 0 amide bonds. The number of esters is 1. The number of aliphatic hydroxyl groups excluding tert-OH is 1. The number of halogens is 3. The third kappa shape index (κ3) is 7.79. The molecule has 126 valence electrons. The van der Waals surface area contributed by atoms with Crippen molar-refractivity contribution in [3.8, 4) is 0 Å². The van der Waals surface area contributed by atoms with Gasteiger partial charge < -0.3 is 19.3 Å². The molecule has 0 spiro atoms. The highest BCUT2D eigenvalue weighted by Crippen LogP contribution is 2.18. The monoisotopic (exact) mass is 325 g/mol. The Hall–Kier alpha value is -1.87. The van der Waals surface area contributed by atoms with E-state index >= 15 is 0 Å². The topological polar surface area (TPSA) is 88.8 Å². The van der Waals surface area contributed by atoms with Gasteiger partial charge >= 0.3 is 12.1 Å². The molecule has 0 saturated carbocycles. The number of allylic oxidation sites excluding steroid dienone is 1. The summed E-state index contributed by atoms with van der Waals surface area (Å²) in [7, 11) is 1.44. The number of rotatable bonds is 9. The fourth-order valence-electron chi connectivity index (χ4n) is 1.14. The average Bonchev–Trinajstić information content (AvgIpc) is 2.42. The Labute approximate surface area is 125 Å². The molecule has 0 aliphatic carbocycles. The first-order chi connectivity index (χ1) is 10.2. The van der Waals surface area contributed by atoms with Crippen LogP contribution in [0.3, 0.4) is 0 Å². The first-order valence-electron chi connectivity index (χ1n) is 6.23. The summed E-state index contributed by atoms with van der Waals surface area (Å²) in [4.78, 5) is 11.6. The van der Waals surface area contributed by atoms with Crippen molar-refractivity contribution in [2.75, 3.05) is 33.5 Å². The Balaban J connectivity index is 5.07. The Morgan fingerprint density at radius 2 is 1.91 bits per heavy atom. The van der Waals surface area contributed by atoms with E-state index in [0.29, 0.717) is 12.2 Å². The van der Waals surface area contributed by atoms with Gasteiger partial charge in [-0.25, -0.2) is 4.79 Å². The summed E-state index contributed by atoms with van der Waals surface area (Å²) in [5, 5.41) is 16.5. The van der Waals surface area contributed by atoms with E-state index in [1.54, 1.807) is 0 Å². The maximum atomic E-state index is 12.2. The molecule has 9 heteroatoms. The SMILES string of the molecule is CCOC(=O)C(/C=C/C(=N)C(F)(F)F)=C(\O)COCCOC. The highest BCUT2D eigenvalue weighted by molar-refractivity contribution is 6.00. The van der Waals surface area contributed by atoms with Crippen molar-refractivity contribution >= 4 is 11.7 Å². The van der Waals surface area contributed by atoms with E-state index in [9.17, 15) is 23.1 Å². The fourth-order valence-corrected chi connectivity index (χ4v) is 1.14. The molecule has 22 heavy (non-hydrogen) atoms. The number of carbonyl (C=O) groups is 1. The fraction of sp³-hybridized carbons (Fsp3) is 0.538. The summed E-state index contributed by atoms with van der Waals surface area (Å²) < 4.78 is 51.0. The zero-order chi connectivity index (χ0) is 17.2. The molecule has 0 heterocycles. The van der Waals surface area contributed by atoms with E-state index in [0.717, 1.165) is 0 Å². The van der Waals surface area contributed by atoms with E-state index in [1.165, 1.54) is 14.0 Å². The lowest BCUT2D eigenvalue weighted by atomic mass is 10.2. The third-order valence-electron chi connectivity index (χ3n) is 2.20. The van der Waals surface area contributed by atoms with E-state index in [4.69, 9.17) is 14.9 Å². The Kier molecular flexibility index (Phi) is 9.11. The van der Waals surface area contributed by atoms with Crippen LogP contribution in [0.2, 0.25) is 0 Å². The Morgan fingerprint density at radius 3 is 2.41 bits per heavy atom. The second-order valence-electron chi connectivity index (χ2n) is 3.87. The van der Waals surface area contributed by atoms with Crippen LogP contribution < -0.4 is 0 Å². The number of alkyl halides is 3. The zero-order valence-electron chi connectivity index (χ0n) is 12.2. The van der Waals surface area contributed by atoms with Crippen LogP contribution in [-0.4, -0.2) is 56.5 Å². The highest BCUT2D eigenvalue weighted by Gasteiger charge is 2.32. The zero-order valence-corrected chi connectivity index (χ0v) is 12.2. The second kappa shape index (κ2) is 9.96. The Bertz CT molecular complexity index is 443. The van der Waals surface area contributed by atoms with Gasteiger partial charge in [-0.3, -0.25) is 5.41 Å². The maximum Gasteiger partial charge on any atom is 0.432 e. The molecule has 2 N–H and O–H groups in total. The summed E-state index contributed by atoms with van der Waals surface area (Å²) in [6, 6.07) is 0. The van der Waals surface area contributed by atoms with Crippen molar-refractivity contribution in [2.45, 2.75) is 13.1 Å². The molecule has 0 bridgehead atoms. The van der Waals surface area contributed by atoms with Crippen LogP contribution in [0.1, 0.15) is 6.92 Å². The number of hydrogen-bond donors (Lipinski definition) is 2. The van der Waals surface area contributed by atoms with Gasteiger partial charge in [-0.15, -0.1) is 0 Å². The van der Waals surface area contributed by atoms with Gasteiger partial charge in [0.05, 0.1) is 25.4 Å². The molecule has 0 aromatic heterocycles. The van der Waals surface area contributed by atoms with E-state index in [1.807, 2.05) is 0 Å². The maximum absolute atomic E-state index is 12.2. The quantitative estimate of drug-likeness (QED) is 0.169. The first kappa shape index (κ1) is 20.1. The lowest BCUT2D eigenvalue weighted by molar-refractivity contribution is -0.138. The smallest absolute Gasteiger partial charge is 0.432 e. The minimum atomic E-state index is -4.85. The molecule has 0 radical (unpaired) electrons. The van der Waals surface area contributed by atoms with Crippen molar-refractivity contribution in [1.82, 2.24) is 0 Å². The van der Waals surface area contributed by atoms with Crippen LogP contribution in [-0.2, 0) is 19.0 Å². The normalized spacial score (nSPS) is 13.1. The molecule has 6 nitrogen and oxygen atoms in total. The van der Waals surface area contributed by atoms with Gasteiger partial charge in [0.1, 0.15) is 18.1 Å². The summed E-state index contributed by atoms with van der Waals surface area (Å²) in [5.41, 5.74) is -2.17. The molecule has 0 saturated heterocycles. The molecule has 0 aromatic carbocycles. The molecule has 0 fully saturated rings. The van der Waals surface area contributed by atoms with Gasteiger partial charge in [-0.05, 0) is 19.1 Å². The van der Waals surface area contributed by atoms with Gasteiger partial charge in [0.15, 0.2) is 0 Å². The summed E-state index contributed by atoms with van der Waals surface area (Å²) >= 11 is 0. The van der Waals surface area contributed by atoms with Crippen molar-refractivity contribution < 1.29 is 37.3 Å². The molecule has 0 aliphatic heterocycles. The van der Waals surface area contributed by atoms with Crippen LogP contribution in [0.4, 0.5) is 13.2 Å². The van der Waals surface area contributed by atoms with Crippen molar-refractivity contribution in [2.24, 2.45) is 0 Å².